The topological polar surface area (TPSA) is 51.0 Å². The van der Waals surface area contributed by atoms with E-state index in [0.29, 0.717) is 0 Å². The molecule has 110 valence electrons. The van der Waals surface area contributed by atoms with Crippen molar-refractivity contribution in [3.05, 3.63) is 36.8 Å². The van der Waals surface area contributed by atoms with Crippen molar-refractivity contribution in [2.45, 2.75) is 38.3 Å². The summed E-state index contributed by atoms with van der Waals surface area (Å²) in [4.78, 5) is 17.5. The first-order chi connectivity index (χ1) is 10.4. The molecule has 1 fully saturated rings. The molecule has 5 nitrogen and oxygen atoms in total. The molecule has 0 aromatic carbocycles. The van der Waals surface area contributed by atoms with Crippen LogP contribution in [0.2, 0.25) is 0 Å². The van der Waals surface area contributed by atoms with Crippen molar-refractivity contribution in [3.8, 4) is 11.3 Å². The largest absolute Gasteiger partial charge is 0.340 e. The first-order valence-electron chi connectivity index (χ1n) is 7.52. The van der Waals surface area contributed by atoms with Crippen LogP contribution < -0.4 is 0 Å². The van der Waals surface area contributed by atoms with E-state index in [9.17, 15) is 4.79 Å². The van der Waals surface area contributed by atoms with E-state index in [1.807, 2.05) is 40.2 Å². The number of hydrogen-bond acceptors (Lipinski definition) is 3. The lowest BCUT2D eigenvalue weighted by molar-refractivity contribution is -0.120. The molecule has 2 aromatic rings. The molecule has 1 aliphatic rings. The van der Waals surface area contributed by atoms with Gasteiger partial charge in [-0.25, -0.2) is 0 Å². The van der Waals surface area contributed by atoms with Crippen LogP contribution in [0, 0.1) is 0 Å². The molecular weight excluding hydrogens is 264 g/mol. The van der Waals surface area contributed by atoms with Gasteiger partial charge in [0.15, 0.2) is 0 Å². The maximum Gasteiger partial charge on any atom is 0.210 e. The van der Waals surface area contributed by atoms with E-state index < -0.39 is 0 Å². The van der Waals surface area contributed by atoms with Crippen molar-refractivity contribution in [3.63, 3.8) is 0 Å². The Kier molecular flexibility index (Phi) is 4.28. The van der Waals surface area contributed by atoms with Crippen LogP contribution in [-0.2, 0) is 11.3 Å². The molecule has 0 spiro atoms. The number of carbonyl (C=O) groups is 1. The zero-order valence-electron chi connectivity index (χ0n) is 12.1. The average molecular weight is 284 g/mol. The van der Waals surface area contributed by atoms with Gasteiger partial charge in [-0.3, -0.25) is 14.5 Å². The van der Waals surface area contributed by atoms with Crippen LogP contribution in [0.1, 0.15) is 25.7 Å². The minimum atomic E-state index is 0.251. The predicted molar refractivity (Wildman–Crippen MR) is 80.5 cm³/mol. The standard InChI is InChI=1S/C16H20N4O/c21-13-19-9-5-1-2-6-15(19)12-20-11-14(10-18-20)16-7-3-4-8-17-16/h3-4,7-8,10-11,13,15H,1-2,5-6,9,12H2/t15-/m0/s1. The molecule has 3 rings (SSSR count). The summed E-state index contributed by atoms with van der Waals surface area (Å²) in [6.45, 7) is 1.62. The van der Waals surface area contributed by atoms with E-state index >= 15 is 0 Å². The minimum absolute atomic E-state index is 0.251. The smallest absolute Gasteiger partial charge is 0.210 e. The second-order valence-electron chi connectivity index (χ2n) is 5.51. The Morgan fingerprint density at radius 1 is 1.29 bits per heavy atom. The summed E-state index contributed by atoms with van der Waals surface area (Å²) in [5, 5.41) is 4.42. The van der Waals surface area contributed by atoms with E-state index in [1.54, 1.807) is 6.20 Å². The van der Waals surface area contributed by atoms with E-state index in [2.05, 4.69) is 10.1 Å². The van der Waals surface area contributed by atoms with Gasteiger partial charge in [-0.2, -0.15) is 5.10 Å². The quantitative estimate of drug-likeness (QED) is 0.810. The molecule has 1 atom stereocenters. The van der Waals surface area contributed by atoms with Gasteiger partial charge in [0.2, 0.25) is 6.41 Å². The van der Waals surface area contributed by atoms with Crippen molar-refractivity contribution in [2.75, 3.05) is 6.54 Å². The molecule has 0 bridgehead atoms. The fourth-order valence-corrected chi connectivity index (χ4v) is 2.88. The number of pyridine rings is 1. The Bertz CT molecular complexity index is 581. The van der Waals surface area contributed by atoms with E-state index in [4.69, 9.17) is 0 Å². The third-order valence-corrected chi connectivity index (χ3v) is 4.05. The normalized spacial score (nSPS) is 19.2. The molecule has 0 N–H and O–H groups in total. The lowest BCUT2D eigenvalue weighted by Crippen LogP contribution is -2.37. The fraction of sp³-hybridized carbons (Fsp3) is 0.438. The highest BCUT2D eigenvalue weighted by atomic mass is 16.1. The molecule has 1 saturated heterocycles. The Morgan fingerprint density at radius 2 is 2.24 bits per heavy atom. The zero-order chi connectivity index (χ0) is 14.5. The van der Waals surface area contributed by atoms with Crippen LogP contribution in [0.5, 0.6) is 0 Å². The third kappa shape index (κ3) is 3.29. The maximum absolute atomic E-state index is 11.2. The second kappa shape index (κ2) is 6.52. The summed E-state index contributed by atoms with van der Waals surface area (Å²) in [7, 11) is 0. The zero-order valence-corrected chi connectivity index (χ0v) is 12.1. The highest BCUT2D eigenvalue weighted by molar-refractivity contribution is 5.56. The lowest BCUT2D eigenvalue weighted by atomic mass is 10.1. The molecule has 0 aliphatic carbocycles. The van der Waals surface area contributed by atoms with Crippen LogP contribution >= 0.6 is 0 Å². The average Bonchev–Trinajstić information content (AvgIpc) is 2.88. The number of hydrogen-bond donors (Lipinski definition) is 0. The van der Waals surface area contributed by atoms with Crippen molar-refractivity contribution >= 4 is 6.41 Å². The number of carbonyl (C=O) groups excluding carboxylic acids is 1. The monoisotopic (exact) mass is 284 g/mol. The molecule has 0 unspecified atom stereocenters. The van der Waals surface area contributed by atoms with Crippen LogP contribution in [0.15, 0.2) is 36.8 Å². The Balaban J connectivity index is 1.73. The summed E-state index contributed by atoms with van der Waals surface area (Å²) < 4.78 is 1.93. The Morgan fingerprint density at radius 3 is 3.05 bits per heavy atom. The fourth-order valence-electron chi connectivity index (χ4n) is 2.88. The van der Waals surface area contributed by atoms with Crippen LogP contribution in [0.3, 0.4) is 0 Å². The molecular formula is C16H20N4O. The molecule has 5 heteroatoms. The summed E-state index contributed by atoms with van der Waals surface area (Å²) >= 11 is 0. The number of nitrogens with zero attached hydrogens (tertiary/aromatic N) is 4. The van der Waals surface area contributed by atoms with Crippen LogP contribution in [0.4, 0.5) is 0 Å². The molecule has 0 radical (unpaired) electrons. The van der Waals surface area contributed by atoms with E-state index in [-0.39, 0.29) is 6.04 Å². The van der Waals surface area contributed by atoms with Gasteiger partial charge in [0.05, 0.1) is 24.5 Å². The predicted octanol–water partition coefficient (Wildman–Crippen LogP) is 2.35. The second-order valence-corrected chi connectivity index (χ2v) is 5.51. The molecule has 21 heavy (non-hydrogen) atoms. The SMILES string of the molecule is O=CN1CCCCC[C@H]1Cn1cc(-c2ccccn2)cn1. The van der Waals surface area contributed by atoms with Crippen LogP contribution in [0.25, 0.3) is 11.3 Å². The Labute approximate surface area is 124 Å². The molecule has 0 saturated carbocycles. The van der Waals surface area contributed by atoms with Crippen molar-refractivity contribution in [2.24, 2.45) is 0 Å². The van der Waals surface area contributed by atoms with Gasteiger partial charge in [-0.1, -0.05) is 18.9 Å². The van der Waals surface area contributed by atoms with Crippen molar-refractivity contribution in [1.29, 1.82) is 0 Å². The number of rotatable bonds is 4. The van der Waals surface area contributed by atoms with Gasteiger partial charge in [0, 0.05) is 24.5 Å². The summed E-state index contributed by atoms with van der Waals surface area (Å²) in [6.07, 6.45) is 11.2. The third-order valence-electron chi connectivity index (χ3n) is 4.05. The lowest BCUT2D eigenvalue weighted by Gasteiger charge is -2.25. The van der Waals surface area contributed by atoms with Gasteiger partial charge in [0.25, 0.3) is 0 Å². The van der Waals surface area contributed by atoms with E-state index in [1.165, 1.54) is 12.8 Å². The Hall–Kier alpha value is -2.17. The number of amides is 1. The number of likely N-dealkylation sites (tertiary alicyclic amines) is 1. The van der Waals surface area contributed by atoms with Gasteiger partial charge in [0.1, 0.15) is 0 Å². The van der Waals surface area contributed by atoms with Crippen molar-refractivity contribution < 1.29 is 4.79 Å². The molecule has 1 aliphatic heterocycles. The van der Waals surface area contributed by atoms with Gasteiger partial charge in [-0.15, -0.1) is 0 Å². The van der Waals surface area contributed by atoms with E-state index in [0.717, 1.165) is 43.6 Å². The molecule has 2 aromatic heterocycles. The molecule has 1 amide bonds. The van der Waals surface area contributed by atoms with Gasteiger partial charge < -0.3 is 4.90 Å². The van der Waals surface area contributed by atoms with Crippen molar-refractivity contribution in [1.82, 2.24) is 19.7 Å². The maximum atomic E-state index is 11.2. The van der Waals surface area contributed by atoms with Gasteiger partial charge in [-0.05, 0) is 25.0 Å². The first kappa shape index (κ1) is 13.8. The summed E-state index contributed by atoms with van der Waals surface area (Å²) in [5.74, 6) is 0. The number of aromatic nitrogens is 3. The summed E-state index contributed by atoms with van der Waals surface area (Å²) in [6, 6.07) is 6.10. The van der Waals surface area contributed by atoms with Crippen LogP contribution in [-0.4, -0.2) is 38.7 Å². The first-order valence-corrected chi connectivity index (χ1v) is 7.52. The highest BCUT2D eigenvalue weighted by Crippen LogP contribution is 2.19. The highest BCUT2D eigenvalue weighted by Gasteiger charge is 2.20. The van der Waals surface area contributed by atoms with Gasteiger partial charge >= 0.3 is 0 Å². The summed E-state index contributed by atoms with van der Waals surface area (Å²) in [5.41, 5.74) is 1.94. The minimum Gasteiger partial charge on any atom is -0.340 e. The molecule has 3 heterocycles.